The van der Waals surface area contributed by atoms with Gasteiger partial charge in [-0.05, 0) is 37.6 Å². The van der Waals surface area contributed by atoms with Crippen molar-refractivity contribution in [2.24, 2.45) is 0 Å². The van der Waals surface area contributed by atoms with Crippen LogP contribution in [0.15, 0.2) is 57.9 Å². The van der Waals surface area contributed by atoms with Gasteiger partial charge in [-0.3, -0.25) is 9.69 Å². The van der Waals surface area contributed by atoms with Crippen molar-refractivity contribution in [3.8, 4) is 11.3 Å². The predicted molar refractivity (Wildman–Crippen MR) is 90.2 cm³/mol. The number of likely N-dealkylation sites (tertiary alicyclic amines) is 1. The van der Waals surface area contributed by atoms with Crippen LogP contribution in [0.3, 0.4) is 0 Å². The number of hydrogen-bond acceptors (Lipinski definition) is 4. The van der Waals surface area contributed by atoms with Crippen LogP contribution in [-0.4, -0.2) is 23.0 Å². The lowest BCUT2D eigenvalue weighted by Gasteiger charge is -2.14. The second-order valence-corrected chi connectivity index (χ2v) is 6.02. The Morgan fingerprint density at radius 2 is 1.87 bits per heavy atom. The zero-order valence-electron chi connectivity index (χ0n) is 12.9. The first kappa shape index (κ1) is 14.2. The Hall–Kier alpha value is -2.46. The summed E-state index contributed by atoms with van der Waals surface area (Å²) in [6.07, 6.45) is 4.32. The highest BCUT2D eigenvalue weighted by molar-refractivity contribution is 5.75. The number of benzene rings is 1. The van der Waals surface area contributed by atoms with Crippen molar-refractivity contribution < 1.29 is 4.42 Å². The van der Waals surface area contributed by atoms with Gasteiger partial charge in [0.2, 0.25) is 5.71 Å². The minimum atomic E-state index is -0.0409. The SMILES string of the molecule is O=c1cc(-c2ccccc2)oc2ncc(CN3CCCC3)cc12. The van der Waals surface area contributed by atoms with E-state index in [0.29, 0.717) is 16.9 Å². The van der Waals surface area contributed by atoms with Crippen LogP contribution < -0.4 is 5.43 Å². The van der Waals surface area contributed by atoms with Crippen LogP contribution in [0.4, 0.5) is 0 Å². The summed E-state index contributed by atoms with van der Waals surface area (Å²) in [6, 6.07) is 13.1. The Balaban J connectivity index is 1.72. The molecule has 3 aromatic rings. The van der Waals surface area contributed by atoms with Crippen LogP contribution in [-0.2, 0) is 6.54 Å². The summed E-state index contributed by atoms with van der Waals surface area (Å²) in [7, 11) is 0. The van der Waals surface area contributed by atoms with E-state index in [2.05, 4.69) is 9.88 Å². The Morgan fingerprint density at radius 1 is 1.09 bits per heavy atom. The van der Waals surface area contributed by atoms with Gasteiger partial charge >= 0.3 is 0 Å². The molecule has 4 heteroatoms. The molecule has 1 saturated heterocycles. The fourth-order valence-electron chi connectivity index (χ4n) is 3.11. The van der Waals surface area contributed by atoms with E-state index in [9.17, 15) is 4.79 Å². The summed E-state index contributed by atoms with van der Waals surface area (Å²) >= 11 is 0. The largest absolute Gasteiger partial charge is 0.437 e. The third kappa shape index (κ3) is 2.90. The van der Waals surface area contributed by atoms with E-state index in [4.69, 9.17) is 4.42 Å². The third-order valence-electron chi connectivity index (χ3n) is 4.31. The van der Waals surface area contributed by atoms with Crippen LogP contribution in [0, 0.1) is 0 Å². The molecule has 0 saturated carbocycles. The first-order valence-electron chi connectivity index (χ1n) is 8.00. The molecular formula is C19H18N2O2. The summed E-state index contributed by atoms with van der Waals surface area (Å²) in [4.78, 5) is 19.2. The van der Waals surface area contributed by atoms with Crippen molar-refractivity contribution in [2.75, 3.05) is 13.1 Å². The summed E-state index contributed by atoms with van der Waals surface area (Å²) in [5.41, 5.74) is 2.32. The van der Waals surface area contributed by atoms with Gasteiger partial charge in [-0.2, -0.15) is 0 Å². The first-order valence-corrected chi connectivity index (χ1v) is 8.00. The number of pyridine rings is 1. The van der Waals surface area contributed by atoms with E-state index in [1.54, 1.807) is 6.07 Å². The van der Waals surface area contributed by atoms with Crippen molar-refractivity contribution in [3.05, 3.63) is 64.4 Å². The molecule has 3 heterocycles. The average molecular weight is 306 g/mol. The molecule has 1 aromatic carbocycles. The van der Waals surface area contributed by atoms with E-state index in [1.165, 1.54) is 12.8 Å². The van der Waals surface area contributed by atoms with Gasteiger partial charge in [0.1, 0.15) is 5.76 Å². The van der Waals surface area contributed by atoms with Crippen molar-refractivity contribution in [1.82, 2.24) is 9.88 Å². The highest BCUT2D eigenvalue weighted by Gasteiger charge is 2.13. The maximum absolute atomic E-state index is 12.4. The molecule has 0 radical (unpaired) electrons. The number of hydrogen-bond donors (Lipinski definition) is 0. The average Bonchev–Trinajstić information content (AvgIpc) is 3.09. The maximum Gasteiger partial charge on any atom is 0.230 e. The van der Waals surface area contributed by atoms with E-state index in [1.807, 2.05) is 42.6 Å². The lowest BCUT2D eigenvalue weighted by Crippen LogP contribution is -2.18. The van der Waals surface area contributed by atoms with Crippen LogP contribution in [0.1, 0.15) is 18.4 Å². The normalized spacial score (nSPS) is 15.3. The van der Waals surface area contributed by atoms with Gasteiger partial charge in [-0.15, -0.1) is 0 Å². The number of rotatable bonds is 3. The zero-order chi connectivity index (χ0) is 15.6. The highest BCUT2D eigenvalue weighted by Crippen LogP contribution is 2.21. The number of nitrogens with zero attached hydrogens (tertiary/aromatic N) is 2. The molecule has 0 unspecified atom stereocenters. The van der Waals surface area contributed by atoms with Crippen LogP contribution in [0.5, 0.6) is 0 Å². The lowest BCUT2D eigenvalue weighted by molar-refractivity contribution is 0.331. The maximum atomic E-state index is 12.4. The minimum absolute atomic E-state index is 0.0409. The van der Waals surface area contributed by atoms with E-state index >= 15 is 0 Å². The van der Waals surface area contributed by atoms with Gasteiger partial charge < -0.3 is 4.42 Å². The van der Waals surface area contributed by atoms with Gasteiger partial charge in [0, 0.05) is 24.4 Å². The summed E-state index contributed by atoms with van der Waals surface area (Å²) in [5.74, 6) is 0.558. The van der Waals surface area contributed by atoms with Gasteiger partial charge in [-0.25, -0.2) is 4.98 Å². The van der Waals surface area contributed by atoms with Gasteiger partial charge in [0.25, 0.3) is 0 Å². The summed E-state index contributed by atoms with van der Waals surface area (Å²) < 4.78 is 5.83. The molecule has 0 amide bonds. The summed E-state index contributed by atoms with van der Waals surface area (Å²) in [6.45, 7) is 3.10. The standard InChI is InChI=1S/C19H18N2O2/c22-17-11-18(15-6-2-1-3-7-15)23-19-16(17)10-14(12-20-19)13-21-8-4-5-9-21/h1-3,6-7,10-12H,4-5,8-9,13H2. The molecule has 0 aliphatic carbocycles. The fraction of sp³-hybridized carbons (Fsp3) is 0.263. The number of aromatic nitrogens is 1. The Bertz CT molecular complexity index is 881. The van der Waals surface area contributed by atoms with Crippen molar-refractivity contribution >= 4 is 11.1 Å². The van der Waals surface area contributed by atoms with Crippen LogP contribution in [0.2, 0.25) is 0 Å². The van der Waals surface area contributed by atoms with Gasteiger partial charge in [-0.1, -0.05) is 30.3 Å². The molecule has 0 bridgehead atoms. The predicted octanol–water partition coefficient (Wildman–Crippen LogP) is 3.45. The molecule has 116 valence electrons. The topological polar surface area (TPSA) is 46.3 Å². The molecule has 1 aliphatic heterocycles. The molecule has 0 N–H and O–H groups in total. The fourth-order valence-corrected chi connectivity index (χ4v) is 3.11. The van der Waals surface area contributed by atoms with E-state index in [0.717, 1.165) is 30.8 Å². The molecule has 1 fully saturated rings. The highest BCUT2D eigenvalue weighted by atomic mass is 16.3. The van der Waals surface area contributed by atoms with E-state index in [-0.39, 0.29) is 5.43 Å². The first-order chi connectivity index (χ1) is 11.3. The summed E-state index contributed by atoms with van der Waals surface area (Å²) in [5, 5.41) is 0.557. The zero-order valence-corrected chi connectivity index (χ0v) is 12.9. The molecule has 0 atom stereocenters. The van der Waals surface area contributed by atoms with Crippen LogP contribution >= 0.6 is 0 Å². The molecular weight excluding hydrogens is 288 g/mol. The Kier molecular flexibility index (Phi) is 3.67. The molecule has 23 heavy (non-hydrogen) atoms. The molecule has 1 aliphatic rings. The van der Waals surface area contributed by atoms with Gasteiger partial charge in [0.05, 0.1) is 5.39 Å². The Morgan fingerprint density at radius 3 is 2.65 bits per heavy atom. The van der Waals surface area contributed by atoms with Gasteiger partial charge in [0.15, 0.2) is 5.43 Å². The van der Waals surface area contributed by atoms with Crippen molar-refractivity contribution in [2.45, 2.75) is 19.4 Å². The second-order valence-electron chi connectivity index (χ2n) is 6.02. The quantitative estimate of drug-likeness (QED) is 0.743. The smallest absolute Gasteiger partial charge is 0.230 e. The molecule has 4 rings (SSSR count). The molecule has 2 aromatic heterocycles. The second kappa shape index (κ2) is 5.97. The minimum Gasteiger partial charge on any atom is -0.437 e. The van der Waals surface area contributed by atoms with Crippen molar-refractivity contribution in [3.63, 3.8) is 0 Å². The van der Waals surface area contributed by atoms with Crippen LogP contribution in [0.25, 0.3) is 22.4 Å². The lowest BCUT2D eigenvalue weighted by atomic mass is 10.1. The number of fused-ring (bicyclic) bond motifs is 1. The van der Waals surface area contributed by atoms with Crippen molar-refractivity contribution in [1.29, 1.82) is 0 Å². The molecule has 4 nitrogen and oxygen atoms in total. The molecule has 0 spiro atoms. The Labute approximate surface area is 134 Å². The third-order valence-corrected chi connectivity index (χ3v) is 4.31. The van der Waals surface area contributed by atoms with E-state index < -0.39 is 0 Å². The monoisotopic (exact) mass is 306 g/mol.